The van der Waals surface area contributed by atoms with Gasteiger partial charge in [-0.1, -0.05) is 0 Å². The van der Waals surface area contributed by atoms with Crippen molar-refractivity contribution in [2.24, 2.45) is 0 Å². The van der Waals surface area contributed by atoms with Gasteiger partial charge < -0.3 is 15.3 Å². The van der Waals surface area contributed by atoms with Crippen LogP contribution in [0.25, 0.3) is 0 Å². The fourth-order valence-electron chi connectivity index (χ4n) is 1.28. The van der Waals surface area contributed by atoms with Crippen LogP contribution in [0.5, 0.6) is 0 Å². The number of rotatable bonds is 7. The van der Waals surface area contributed by atoms with Crippen molar-refractivity contribution >= 4 is 5.91 Å². The molecule has 0 rings (SSSR count). The molecule has 2 N–H and O–H groups in total. The minimum atomic E-state index is -2.79. The predicted molar refractivity (Wildman–Crippen MR) is 57.4 cm³/mol. The van der Waals surface area contributed by atoms with Crippen molar-refractivity contribution in [3.05, 3.63) is 0 Å². The van der Waals surface area contributed by atoms with Gasteiger partial charge in [-0.15, -0.1) is 0 Å². The highest BCUT2D eigenvalue weighted by Gasteiger charge is 2.21. The maximum Gasteiger partial charge on any atom is 0.265 e. The summed E-state index contributed by atoms with van der Waals surface area (Å²) >= 11 is 0. The van der Waals surface area contributed by atoms with Crippen molar-refractivity contribution in [2.75, 3.05) is 19.6 Å². The zero-order chi connectivity index (χ0) is 12.7. The Morgan fingerprint density at radius 3 is 2.25 bits per heavy atom. The van der Waals surface area contributed by atoms with Crippen molar-refractivity contribution < 1.29 is 18.7 Å². The third-order valence-electron chi connectivity index (χ3n) is 2.37. The lowest BCUT2D eigenvalue weighted by molar-refractivity contribution is -0.132. The van der Waals surface area contributed by atoms with Crippen LogP contribution in [-0.2, 0) is 4.79 Å². The van der Waals surface area contributed by atoms with Gasteiger partial charge in [-0.25, -0.2) is 8.78 Å². The monoisotopic (exact) mass is 238 g/mol. The molecule has 0 aliphatic rings. The molecule has 4 nitrogen and oxygen atoms in total. The summed E-state index contributed by atoms with van der Waals surface area (Å²) in [5.74, 6) is -0.147. The third-order valence-corrected chi connectivity index (χ3v) is 2.37. The van der Waals surface area contributed by atoms with Crippen molar-refractivity contribution in [3.63, 3.8) is 0 Å². The number of halogens is 2. The molecule has 0 aliphatic carbocycles. The lowest BCUT2D eigenvalue weighted by Gasteiger charge is -2.24. The summed E-state index contributed by atoms with van der Waals surface area (Å²) in [6.07, 6.45) is -4.52. The standard InChI is InChI=1S/C10H20F2N2O2/c1-4-14(5-2)10(16)7(3)13-6-8(15)9(11)12/h7-9,13,15H,4-6H2,1-3H3. The zero-order valence-electron chi connectivity index (χ0n) is 9.91. The highest BCUT2D eigenvalue weighted by Crippen LogP contribution is 2.00. The number of aliphatic hydroxyl groups is 1. The molecule has 16 heavy (non-hydrogen) atoms. The summed E-state index contributed by atoms with van der Waals surface area (Å²) in [5.41, 5.74) is 0. The Morgan fingerprint density at radius 1 is 1.38 bits per heavy atom. The molecule has 0 heterocycles. The lowest BCUT2D eigenvalue weighted by Crippen LogP contribution is -2.47. The first kappa shape index (κ1) is 15.2. The molecule has 0 aromatic heterocycles. The SMILES string of the molecule is CCN(CC)C(=O)C(C)NCC(O)C(F)F. The van der Waals surface area contributed by atoms with Crippen molar-refractivity contribution in [3.8, 4) is 0 Å². The van der Waals surface area contributed by atoms with Crippen LogP contribution in [0.4, 0.5) is 8.78 Å². The number of aliphatic hydroxyl groups excluding tert-OH is 1. The van der Waals surface area contributed by atoms with Crippen LogP contribution in [0.3, 0.4) is 0 Å². The average Bonchev–Trinajstić information content (AvgIpc) is 2.26. The van der Waals surface area contributed by atoms with Gasteiger partial charge in [0.15, 0.2) is 0 Å². The van der Waals surface area contributed by atoms with Crippen LogP contribution in [-0.4, -0.2) is 54.1 Å². The van der Waals surface area contributed by atoms with E-state index in [1.807, 2.05) is 13.8 Å². The van der Waals surface area contributed by atoms with Gasteiger partial charge in [0.05, 0.1) is 6.04 Å². The molecule has 2 unspecified atom stereocenters. The summed E-state index contributed by atoms with van der Waals surface area (Å²) < 4.78 is 24.0. The topological polar surface area (TPSA) is 52.6 Å². The molecule has 0 saturated carbocycles. The summed E-state index contributed by atoms with van der Waals surface area (Å²) in [6.45, 7) is 6.17. The van der Waals surface area contributed by atoms with Crippen LogP contribution in [0.2, 0.25) is 0 Å². The van der Waals surface area contributed by atoms with Gasteiger partial charge in [-0.2, -0.15) is 0 Å². The molecular weight excluding hydrogens is 218 g/mol. The van der Waals surface area contributed by atoms with Crippen molar-refractivity contribution in [2.45, 2.75) is 39.3 Å². The van der Waals surface area contributed by atoms with E-state index in [4.69, 9.17) is 5.11 Å². The largest absolute Gasteiger partial charge is 0.386 e. The van der Waals surface area contributed by atoms with E-state index >= 15 is 0 Å². The van der Waals surface area contributed by atoms with Gasteiger partial charge in [-0.05, 0) is 20.8 Å². The molecule has 0 aromatic rings. The summed E-state index contributed by atoms with van der Waals surface area (Å²) in [4.78, 5) is 13.3. The number of nitrogens with zero attached hydrogens (tertiary/aromatic N) is 1. The van der Waals surface area contributed by atoms with Gasteiger partial charge in [0, 0.05) is 19.6 Å². The number of amides is 1. The number of nitrogens with one attached hydrogen (secondary N) is 1. The summed E-state index contributed by atoms with van der Waals surface area (Å²) in [5, 5.41) is 11.5. The molecule has 1 amide bonds. The fourth-order valence-corrected chi connectivity index (χ4v) is 1.28. The molecule has 0 spiro atoms. The van der Waals surface area contributed by atoms with Crippen LogP contribution in [0.15, 0.2) is 0 Å². The Kier molecular flexibility index (Phi) is 7.16. The van der Waals surface area contributed by atoms with Crippen LogP contribution in [0.1, 0.15) is 20.8 Å². The number of carbonyl (C=O) groups excluding carboxylic acids is 1. The van der Waals surface area contributed by atoms with Crippen molar-refractivity contribution in [1.29, 1.82) is 0 Å². The van der Waals surface area contributed by atoms with Crippen molar-refractivity contribution in [1.82, 2.24) is 10.2 Å². The van der Waals surface area contributed by atoms with E-state index in [1.54, 1.807) is 11.8 Å². The Hall–Kier alpha value is -0.750. The molecule has 0 fully saturated rings. The molecule has 2 atom stereocenters. The first-order valence-corrected chi connectivity index (χ1v) is 5.42. The van der Waals surface area contributed by atoms with Crippen LogP contribution < -0.4 is 5.32 Å². The first-order valence-electron chi connectivity index (χ1n) is 5.42. The normalized spacial score (nSPS) is 14.9. The number of alkyl halides is 2. The number of likely N-dealkylation sites (N-methyl/N-ethyl adjacent to an activating group) is 1. The Bertz CT molecular complexity index is 211. The van der Waals surface area contributed by atoms with E-state index in [0.717, 1.165) is 0 Å². The highest BCUT2D eigenvalue weighted by molar-refractivity contribution is 5.81. The van der Waals surface area contributed by atoms with Gasteiger partial charge in [0.2, 0.25) is 5.91 Å². The molecule has 6 heteroatoms. The molecule has 0 radical (unpaired) electrons. The average molecular weight is 238 g/mol. The lowest BCUT2D eigenvalue weighted by atomic mass is 10.2. The fraction of sp³-hybridized carbons (Fsp3) is 0.900. The van der Waals surface area contributed by atoms with E-state index in [9.17, 15) is 13.6 Å². The maximum absolute atomic E-state index is 12.0. The van der Waals surface area contributed by atoms with Crippen LogP contribution >= 0.6 is 0 Å². The van der Waals surface area contributed by atoms with E-state index in [2.05, 4.69) is 5.32 Å². The Balaban J connectivity index is 4.05. The molecule has 0 aromatic carbocycles. The zero-order valence-corrected chi connectivity index (χ0v) is 9.91. The number of hydrogen-bond acceptors (Lipinski definition) is 3. The molecule has 96 valence electrons. The smallest absolute Gasteiger partial charge is 0.265 e. The second-order valence-corrected chi connectivity index (χ2v) is 3.54. The third kappa shape index (κ3) is 4.85. The van der Waals surface area contributed by atoms with E-state index in [1.165, 1.54) is 0 Å². The molecule has 0 aliphatic heterocycles. The number of hydrogen-bond donors (Lipinski definition) is 2. The number of carbonyl (C=O) groups is 1. The second-order valence-electron chi connectivity index (χ2n) is 3.54. The Labute approximate surface area is 94.6 Å². The van der Waals surface area contributed by atoms with Gasteiger partial charge in [0.25, 0.3) is 6.43 Å². The van der Waals surface area contributed by atoms with Gasteiger partial charge in [-0.3, -0.25) is 4.79 Å². The minimum absolute atomic E-state index is 0.147. The first-order chi connectivity index (χ1) is 7.43. The van der Waals surface area contributed by atoms with E-state index in [0.29, 0.717) is 13.1 Å². The van der Waals surface area contributed by atoms with E-state index in [-0.39, 0.29) is 12.5 Å². The Morgan fingerprint density at radius 2 is 1.88 bits per heavy atom. The minimum Gasteiger partial charge on any atom is -0.386 e. The summed E-state index contributed by atoms with van der Waals surface area (Å²) in [6, 6.07) is -0.562. The summed E-state index contributed by atoms with van der Waals surface area (Å²) in [7, 11) is 0. The molecule has 0 bridgehead atoms. The van der Waals surface area contributed by atoms with Gasteiger partial charge >= 0.3 is 0 Å². The van der Waals surface area contributed by atoms with Gasteiger partial charge in [0.1, 0.15) is 6.10 Å². The van der Waals surface area contributed by atoms with Crippen LogP contribution in [0, 0.1) is 0 Å². The second kappa shape index (κ2) is 7.51. The maximum atomic E-state index is 12.0. The molecule has 0 saturated heterocycles. The highest BCUT2D eigenvalue weighted by atomic mass is 19.3. The molecular formula is C10H20F2N2O2. The van der Waals surface area contributed by atoms with E-state index < -0.39 is 18.6 Å². The predicted octanol–water partition coefficient (Wildman–Crippen LogP) is 0.459. The quantitative estimate of drug-likeness (QED) is 0.677.